The molecule has 27 heavy (non-hydrogen) atoms. The minimum absolute atomic E-state index is 0.228. The van der Waals surface area contributed by atoms with Crippen LogP contribution in [0.2, 0.25) is 5.02 Å². The Morgan fingerprint density at radius 2 is 2.26 bits per heavy atom. The Bertz CT molecular complexity index is 948. The SMILES string of the molecule is CCOC(=O)C1=C(C)N=C2SC(C#N)=C(N)N2[C@@H]1c1ccc(OC)c(Cl)c1. The number of hydrogen-bond acceptors (Lipinski definition) is 8. The van der Waals surface area contributed by atoms with Crippen molar-refractivity contribution in [3.05, 3.63) is 50.8 Å². The average molecular weight is 405 g/mol. The second kappa shape index (κ2) is 7.55. The number of aliphatic imine (C=N–C) groups is 1. The molecule has 0 bridgehead atoms. The zero-order chi connectivity index (χ0) is 19.7. The maximum Gasteiger partial charge on any atom is 0.338 e. The molecule has 0 aliphatic carbocycles. The number of nitrogens with zero attached hydrogens (tertiary/aromatic N) is 3. The number of benzene rings is 1. The highest BCUT2D eigenvalue weighted by molar-refractivity contribution is 8.17. The van der Waals surface area contributed by atoms with E-state index in [9.17, 15) is 10.1 Å². The van der Waals surface area contributed by atoms with Crippen LogP contribution in [0, 0.1) is 11.3 Å². The average Bonchev–Trinajstić information content (AvgIpc) is 2.96. The molecule has 0 saturated carbocycles. The number of hydrogen-bond donors (Lipinski definition) is 1. The van der Waals surface area contributed by atoms with Gasteiger partial charge in [-0.1, -0.05) is 17.7 Å². The summed E-state index contributed by atoms with van der Waals surface area (Å²) in [6.45, 7) is 3.69. The van der Waals surface area contributed by atoms with E-state index >= 15 is 0 Å². The molecule has 0 saturated heterocycles. The molecule has 0 radical (unpaired) electrons. The fraction of sp³-hybridized carbons (Fsp3) is 0.278. The predicted octanol–water partition coefficient (Wildman–Crippen LogP) is 3.30. The number of carbonyl (C=O) groups is 1. The van der Waals surface area contributed by atoms with Gasteiger partial charge < -0.3 is 15.2 Å². The Morgan fingerprint density at radius 1 is 1.52 bits per heavy atom. The highest BCUT2D eigenvalue weighted by atomic mass is 35.5. The van der Waals surface area contributed by atoms with Crippen molar-refractivity contribution < 1.29 is 14.3 Å². The zero-order valence-corrected chi connectivity index (χ0v) is 16.5. The Hall–Kier alpha value is -2.63. The Balaban J connectivity index is 2.19. The molecule has 2 aliphatic heterocycles. The molecule has 0 unspecified atom stereocenters. The second-order valence-corrected chi connectivity index (χ2v) is 7.09. The van der Waals surface area contributed by atoms with Gasteiger partial charge >= 0.3 is 5.97 Å². The van der Waals surface area contributed by atoms with Gasteiger partial charge in [-0.2, -0.15) is 5.26 Å². The molecular formula is C18H17ClN4O3S. The molecule has 2 N–H and O–H groups in total. The van der Waals surface area contributed by atoms with Crippen molar-refractivity contribution in [1.29, 1.82) is 5.26 Å². The van der Waals surface area contributed by atoms with E-state index in [0.717, 1.165) is 0 Å². The Morgan fingerprint density at radius 3 is 2.85 bits per heavy atom. The molecule has 2 heterocycles. The van der Waals surface area contributed by atoms with E-state index in [2.05, 4.69) is 11.1 Å². The molecular weight excluding hydrogens is 388 g/mol. The first-order valence-corrected chi connectivity index (χ1v) is 9.29. The van der Waals surface area contributed by atoms with Gasteiger partial charge in [0.25, 0.3) is 0 Å². The van der Waals surface area contributed by atoms with Crippen molar-refractivity contribution >= 4 is 34.5 Å². The van der Waals surface area contributed by atoms with E-state index in [4.69, 9.17) is 26.8 Å². The van der Waals surface area contributed by atoms with Crippen molar-refractivity contribution in [2.45, 2.75) is 19.9 Å². The Labute approximate surface area is 166 Å². The van der Waals surface area contributed by atoms with Gasteiger partial charge in [0.2, 0.25) is 0 Å². The minimum atomic E-state index is -0.613. The van der Waals surface area contributed by atoms with Gasteiger partial charge in [-0.25, -0.2) is 9.79 Å². The number of halogens is 1. The summed E-state index contributed by atoms with van der Waals surface area (Å²) in [5.41, 5.74) is 7.77. The standard InChI is InChI=1S/C18H17ClN4O3S/c1-4-26-17(24)14-9(2)22-18-23(16(21)13(8-20)27-18)15(14)10-5-6-12(25-3)11(19)7-10/h5-7,15H,4,21H2,1-3H3/t15-/m1/s1. The number of esters is 1. The quantitative estimate of drug-likeness (QED) is 0.768. The summed E-state index contributed by atoms with van der Waals surface area (Å²) in [4.78, 5) is 19.1. The molecule has 0 spiro atoms. The van der Waals surface area contributed by atoms with Gasteiger partial charge in [-0.15, -0.1) is 0 Å². The molecule has 3 rings (SSSR count). The fourth-order valence-corrected chi connectivity index (χ4v) is 4.16. The number of rotatable bonds is 4. The van der Waals surface area contributed by atoms with Crippen LogP contribution in [0.25, 0.3) is 0 Å². The lowest BCUT2D eigenvalue weighted by Gasteiger charge is -2.35. The van der Waals surface area contributed by atoms with Crippen molar-refractivity contribution in [3.8, 4) is 11.8 Å². The molecule has 7 nitrogen and oxygen atoms in total. The first kappa shape index (κ1) is 19.1. The summed E-state index contributed by atoms with van der Waals surface area (Å²) in [5.74, 6) is 0.269. The number of carbonyl (C=O) groups excluding carboxylic acids is 1. The van der Waals surface area contributed by atoms with E-state index < -0.39 is 12.0 Å². The number of nitriles is 1. The Kier molecular flexibility index (Phi) is 5.35. The maximum absolute atomic E-state index is 12.7. The largest absolute Gasteiger partial charge is 0.495 e. The topological polar surface area (TPSA) is 101 Å². The van der Waals surface area contributed by atoms with Crippen LogP contribution in [-0.2, 0) is 9.53 Å². The van der Waals surface area contributed by atoms with Crippen molar-refractivity contribution in [3.63, 3.8) is 0 Å². The summed E-state index contributed by atoms with van der Waals surface area (Å²) in [5, 5.41) is 10.3. The molecule has 2 aliphatic rings. The van der Waals surface area contributed by atoms with Crippen molar-refractivity contribution in [1.82, 2.24) is 4.90 Å². The molecule has 0 fully saturated rings. The smallest absolute Gasteiger partial charge is 0.338 e. The number of methoxy groups -OCH3 is 1. The normalized spacial score (nSPS) is 18.9. The lowest BCUT2D eigenvalue weighted by atomic mass is 9.94. The van der Waals surface area contributed by atoms with Crippen molar-refractivity contribution in [2.75, 3.05) is 13.7 Å². The van der Waals surface area contributed by atoms with Gasteiger partial charge in [0.15, 0.2) is 5.17 Å². The molecule has 0 amide bonds. The van der Waals surface area contributed by atoms with Crippen LogP contribution in [0.4, 0.5) is 0 Å². The van der Waals surface area contributed by atoms with Crippen LogP contribution in [0.5, 0.6) is 5.75 Å². The molecule has 140 valence electrons. The maximum atomic E-state index is 12.7. The van der Waals surface area contributed by atoms with Crippen LogP contribution in [0.3, 0.4) is 0 Å². The van der Waals surface area contributed by atoms with Crippen LogP contribution >= 0.6 is 23.4 Å². The van der Waals surface area contributed by atoms with E-state index in [-0.39, 0.29) is 12.4 Å². The highest BCUT2D eigenvalue weighted by Gasteiger charge is 2.42. The second-order valence-electron chi connectivity index (χ2n) is 5.71. The summed E-state index contributed by atoms with van der Waals surface area (Å²) in [6, 6.07) is 6.69. The number of thioether (sulfide) groups is 1. The number of allylic oxidation sites excluding steroid dienone is 2. The lowest BCUT2D eigenvalue weighted by molar-refractivity contribution is -0.139. The number of nitrogens with two attached hydrogens (primary N) is 1. The van der Waals surface area contributed by atoms with Crippen LogP contribution < -0.4 is 10.5 Å². The summed E-state index contributed by atoms with van der Waals surface area (Å²) in [7, 11) is 1.53. The lowest BCUT2D eigenvalue weighted by Crippen LogP contribution is -2.38. The van der Waals surface area contributed by atoms with Gasteiger partial charge in [0, 0.05) is 0 Å². The molecule has 0 aromatic heterocycles. The summed E-state index contributed by atoms with van der Waals surface area (Å²) in [6.07, 6.45) is 0. The van der Waals surface area contributed by atoms with E-state index in [1.807, 2.05) is 0 Å². The van der Waals surface area contributed by atoms with Crippen LogP contribution in [0.1, 0.15) is 25.5 Å². The number of fused-ring (bicyclic) bond motifs is 1. The fourth-order valence-electron chi connectivity index (χ4n) is 2.98. The summed E-state index contributed by atoms with van der Waals surface area (Å²) >= 11 is 7.47. The minimum Gasteiger partial charge on any atom is -0.495 e. The number of ether oxygens (including phenoxy) is 2. The monoisotopic (exact) mass is 404 g/mol. The molecule has 1 atom stereocenters. The van der Waals surface area contributed by atoms with E-state index in [0.29, 0.717) is 37.7 Å². The third-order valence-corrected chi connectivity index (χ3v) is 5.44. The molecule has 1 aromatic carbocycles. The van der Waals surface area contributed by atoms with Gasteiger partial charge in [-0.05, 0) is 43.3 Å². The first-order valence-electron chi connectivity index (χ1n) is 8.09. The first-order chi connectivity index (χ1) is 12.9. The van der Waals surface area contributed by atoms with Crippen LogP contribution in [-0.4, -0.2) is 29.8 Å². The van der Waals surface area contributed by atoms with E-state index in [1.165, 1.54) is 18.9 Å². The molecule has 1 aromatic rings. The predicted molar refractivity (Wildman–Crippen MR) is 104 cm³/mol. The third kappa shape index (κ3) is 3.24. The zero-order valence-electron chi connectivity index (χ0n) is 14.9. The van der Waals surface area contributed by atoms with Gasteiger partial charge in [-0.3, -0.25) is 4.90 Å². The highest BCUT2D eigenvalue weighted by Crippen LogP contribution is 2.46. The van der Waals surface area contributed by atoms with Gasteiger partial charge in [0.1, 0.15) is 22.5 Å². The third-order valence-electron chi connectivity index (χ3n) is 4.16. The van der Waals surface area contributed by atoms with E-state index in [1.54, 1.807) is 36.9 Å². The number of amidine groups is 1. The van der Waals surface area contributed by atoms with Gasteiger partial charge in [0.05, 0.1) is 36.1 Å². The van der Waals surface area contributed by atoms with Crippen molar-refractivity contribution in [2.24, 2.45) is 10.7 Å². The molecule has 9 heteroatoms. The van der Waals surface area contributed by atoms with Crippen LogP contribution in [0.15, 0.2) is 45.2 Å². The summed E-state index contributed by atoms with van der Waals surface area (Å²) < 4.78 is 10.4.